The van der Waals surface area contributed by atoms with Crippen LogP contribution < -0.4 is 26.2 Å². The van der Waals surface area contributed by atoms with Gasteiger partial charge in [0.25, 0.3) is 6.71 Å². The van der Waals surface area contributed by atoms with E-state index in [9.17, 15) is 21.9 Å². The lowest BCUT2D eigenvalue weighted by Crippen LogP contribution is -2.61. The zero-order valence-corrected chi connectivity index (χ0v) is 67.7. The average molecular weight is 1570 g/mol. The summed E-state index contributed by atoms with van der Waals surface area (Å²) in [5.74, 6) is 0. The van der Waals surface area contributed by atoms with Gasteiger partial charge in [0.05, 0.1) is 71.9 Å². The summed E-state index contributed by atoms with van der Waals surface area (Å²) in [7, 11) is 0. The molecule has 18 aromatic carbocycles. The Labute approximate surface area is 733 Å². The molecule has 122 heavy (non-hydrogen) atoms. The zero-order valence-electron chi connectivity index (χ0n) is 83.7. The van der Waals surface area contributed by atoms with Gasteiger partial charge in [-0.25, -0.2) is 0 Å². The van der Waals surface area contributed by atoms with E-state index in [0.29, 0.717) is 33.7 Å². The minimum atomic E-state index is -0.858. The van der Waals surface area contributed by atoms with Gasteiger partial charge in [-0.1, -0.05) is 339 Å². The predicted octanol–water partition coefficient (Wildman–Crippen LogP) is 29.4. The van der Waals surface area contributed by atoms with E-state index in [1.54, 1.807) is 9.13 Å². The van der Waals surface area contributed by atoms with Crippen molar-refractivity contribution in [2.24, 2.45) is 0 Å². The highest BCUT2D eigenvalue weighted by Gasteiger charge is 2.46. The summed E-state index contributed by atoms with van der Waals surface area (Å²) < 4.78 is 160. The van der Waals surface area contributed by atoms with Gasteiger partial charge in [-0.15, -0.1) is 0 Å². The normalized spacial score (nSPS) is 14.6. The van der Waals surface area contributed by atoms with Crippen molar-refractivity contribution in [2.45, 2.75) is 52.4 Å². The van der Waals surface area contributed by atoms with E-state index in [-0.39, 0.29) is 65.8 Å². The fraction of sp³-hybridized carbons (Fsp3) is 0.0690. The number of para-hydroxylation sites is 6. The first-order chi connectivity index (χ1) is 66.4. The number of anilines is 6. The van der Waals surface area contributed by atoms with E-state index in [4.69, 9.17) is 0 Å². The maximum Gasteiger partial charge on any atom is 0.252 e. The van der Waals surface area contributed by atoms with Gasteiger partial charge in [-0.2, -0.15) is 0 Å². The lowest BCUT2D eigenvalue weighted by Gasteiger charge is -2.46. The van der Waals surface area contributed by atoms with Gasteiger partial charge in [-0.3, -0.25) is 0 Å². The van der Waals surface area contributed by atoms with E-state index in [1.807, 2.05) is 109 Å². The van der Waals surface area contributed by atoms with Gasteiger partial charge < -0.3 is 23.3 Å². The minimum absolute atomic E-state index is 0.0681. The number of rotatable bonds is 11. The molecule has 0 radical (unpaired) electrons. The monoisotopic (exact) mass is 1570 g/mol. The van der Waals surface area contributed by atoms with E-state index in [1.165, 1.54) is 0 Å². The molecule has 0 atom stereocenters. The quantitative estimate of drug-likeness (QED) is 0.120. The Morgan fingerprint density at radius 2 is 0.590 bits per heavy atom. The molecular weight excluding hydrogens is 1470 g/mol. The third-order valence-corrected chi connectivity index (χ3v) is 25.4. The van der Waals surface area contributed by atoms with E-state index >= 15 is 0 Å². The molecule has 2 aliphatic heterocycles. The Bertz CT molecular complexity index is 8340. The third-order valence-electron chi connectivity index (χ3n) is 25.4. The molecule has 0 aliphatic carbocycles. The maximum atomic E-state index is 10.1. The summed E-state index contributed by atoms with van der Waals surface area (Å²) in [5.41, 5.74) is 23.6. The number of aromatic nitrogens is 3. The second-order valence-electron chi connectivity index (χ2n) is 34.3. The topological polar surface area (TPSA) is 20.8 Å². The van der Waals surface area contributed by atoms with Gasteiger partial charge in [0.2, 0.25) is 0 Å². The van der Waals surface area contributed by atoms with Crippen LogP contribution in [0.2, 0.25) is 0 Å². The Hall–Kier alpha value is -15.0. The van der Waals surface area contributed by atoms with Crippen molar-refractivity contribution in [1.82, 2.24) is 13.5 Å². The van der Waals surface area contributed by atoms with Crippen molar-refractivity contribution in [1.29, 1.82) is 0 Å². The van der Waals surface area contributed by atoms with E-state index < -0.39 is 103 Å². The first-order valence-electron chi connectivity index (χ1n) is 49.5. The molecule has 0 bridgehead atoms. The fourth-order valence-corrected chi connectivity index (χ4v) is 19.6. The molecule has 576 valence electrons. The van der Waals surface area contributed by atoms with Gasteiger partial charge in [0, 0.05) is 99.5 Å². The highest BCUT2D eigenvalue weighted by molar-refractivity contribution is 7.00. The van der Waals surface area contributed by atoms with Crippen molar-refractivity contribution < 1.29 is 21.9 Å². The van der Waals surface area contributed by atoms with Crippen molar-refractivity contribution in [3.05, 3.63) is 411 Å². The molecular formula is C116H84BN5. The van der Waals surface area contributed by atoms with Crippen molar-refractivity contribution in [3.63, 3.8) is 0 Å². The molecule has 0 unspecified atom stereocenters. The molecule has 0 spiro atoms. The molecule has 0 fully saturated rings. The van der Waals surface area contributed by atoms with E-state index in [0.717, 1.165) is 144 Å². The number of fused-ring (bicyclic) bond motifs is 16. The van der Waals surface area contributed by atoms with Crippen molar-refractivity contribution in [3.8, 4) is 89.3 Å². The number of nitrogens with zero attached hydrogens (tertiary/aromatic N) is 5. The summed E-state index contributed by atoms with van der Waals surface area (Å²) in [6.07, 6.45) is 0. The van der Waals surface area contributed by atoms with Crippen LogP contribution in [0, 0.1) is 0 Å². The van der Waals surface area contributed by atoms with Crippen molar-refractivity contribution in [2.75, 3.05) is 9.80 Å². The summed E-state index contributed by atoms with van der Waals surface area (Å²) in [5, 5.41) is 3.94. The molecule has 0 N–H and O–H groups in total. The Morgan fingerprint density at radius 1 is 0.246 bits per heavy atom. The summed E-state index contributed by atoms with van der Waals surface area (Å²) in [4.78, 5) is 4.71. The standard InChI is InChI=1S/C116H84BN5/c1-115(2,3)83-55-50-73(51-56-83)80-65-94(75-30-11-7-12-31-75)113(95(66-80)76-32-13-8-14-33-76)121-107-71-85(118-101-45-24-19-38-87(101)88-39-20-25-46-102(88)118)59-61-99(107)117-100-62-60-86(119-103-47-26-21-40-89(103)90-41-22-27-48-104(90)119)72-108(100)122(114-96(77-34-15-9-16-35-77)67-81(68-97(114)78-36-17-10-18-37-78)74-52-57-84(58-53-74)116(4,5)6)110-70-82(69-109(121)111(110)117)79-54-63-106-98(64-79)93-44-29-43-92-91-42-23-28-49-105(91)120(106)112(92)93/h7-72H,1-6H3/i19D,20D,21D,22D,24D,25D,26D,27D,38D,39D,40D,41D,45D,46D,47D,48D. The van der Waals surface area contributed by atoms with Crippen LogP contribution in [0.3, 0.4) is 0 Å². The molecule has 0 saturated carbocycles. The van der Waals surface area contributed by atoms with Gasteiger partial charge in [0.1, 0.15) is 0 Å². The maximum absolute atomic E-state index is 10.1. The SMILES string of the molecule is [2H]c1c([2H])c([2H])c2c(c1[2H])c1c([2H])c([2H])c([2H])c([2H])c1n2-c1ccc2c(c1)N(c1c(-c3ccccc3)cc(-c3ccc(C(C)(C)C)cc3)cc1-c1ccccc1)c1cc(-c3ccc4c(c3)c3cccc5c6ccccc6n4c53)cc3c1B2c1ccc(-n2c4c([2H])c([2H])c([2H])c([2H])c4c4c([2H])c([2H])c([2H])c([2H])c42)cc1N3c1c(-c2ccccc2)cc(-c2ccc(C(C)(C)C)cc2)cc1-c1ccccc1. The number of hydrogen-bond acceptors (Lipinski definition) is 2. The second kappa shape index (κ2) is 27.3. The average Bonchev–Trinajstić information content (AvgIpc) is 0.928. The number of hydrogen-bond donors (Lipinski definition) is 0. The molecule has 24 rings (SSSR count). The van der Waals surface area contributed by atoms with Crippen LogP contribution in [-0.2, 0) is 10.8 Å². The highest BCUT2D eigenvalue weighted by Crippen LogP contribution is 2.57. The van der Waals surface area contributed by atoms with Crippen LogP contribution in [-0.4, -0.2) is 20.2 Å². The molecule has 2 aliphatic rings. The largest absolute Gasteiger partial charge is 0.310 e. The molecule has 0 saturated heterocycles. The van der Waals surface area contributed by atoms with Crippen molar-refractivity contribution >= 4 is 139 Å². The predicted molar refractivity (Wildman–Crippen MR) is 519 cm³/mol. The van der Waals surface area contributed by atoms with Crippen LogP contribution in [0.4, 0.5) is 34.1 Å². The minimum Gasteiger partial charge on any atom is -0.310 e. The van der Waals surface area contributed by atoms with Crippen LogP contribution in [0.25, 0.3) is 171 Å². The molecule has 4 aromatic heterocycles. The Kier molecular flexibility index (Phi) is 12.6. The van der Waals surface area contributed by atoms with Crippen LogP contribution in [0.15, 0.2) is 400 Å². The lowest BCUT2D eigenvalue weighted by atomic mass is 9.33. The Balaban J connectivity index is 0.919. The summed E-state index contributed by atoms with van der Waals surface area (Å²) >= 11 is 0. The summed E-state index contributed by atoms with van der Waals surface area (Å²) in [6.45, 7) is 12.4. The first kappa shape index (κ1) is 56.4. The number of benzene rings is 18. The third kappa shape index (κ3) is 11.0. The first-order valence-corrected chi connectivity index (χ1v) is 41.5. The molecule has 6 heterocycles. The molecule has 0 amide bonds. The van der Waals surface area contributed by atoms with Crippen LogP contribution >= 0.6 is 0 Å². The lowest BCUT2D eigenvalue weighted by molar-refractivity contribution is 0.590. The fourth-order valence-electron chi connectivity index (χ4n) is 19.6. The van der Waals surface area contributed by atoms with Crippen LogP contribution in [0.5, 0.6) is 0 Å². The molecule has 5 nitrogen and oxygen atoms in total. The molecule has 22 aromatic rings. The van der Waals surface area contributed by atoms with Gasteiger partial charge in [-0.05, 0) is 197 Å². The molecule has 6 heteroatoms. The highest BCUT2D eigenvalue weighted by atomic mass is 15.2. The van der Waals surface area contributed by atoms with E-state index in [2.05, 4.69) is 250 Å². The second-order valence-corrected chi connectivity index (χ2v) is 34.3. The summed E-state index contributed by atoms with van der Waals surface area (Å²) in [6, 6.07) is 97.7. The zero-order chi connectivity index (χ0) is 95.3. The smallest absolute Gasteiger partial charge is 0.252 e. The van der Waals surface area contributed by atoms with Crippen LogP contribution in [0.1, 0.15) is 74.6 Å². The Morgan fingerprint density at radius 3 is 0.992 bits per heavy atom. The van der Waals surface area contributed by atoms with Gasteiger partial charge >= 0.3 is 0 Å². The van der Waals surface area contributed by atoms with Gasteiger partial charge in [0.15, 0.2) is 0 Å².